The van der Waals surface area contributed by atoms with Crippen LogP contribution in [0.1, 0.15) is 31.0 Å². The van der Waals surface area contributed by atoms with Gasteiger partial charge in [0.2, 0.25) is 0 Å². The van der Waals surface area contributed by atoms with Crippen LogP contribution in [0.2, 0.25) is 0 Å². The molecule has 5 heteroatoms. The molecule has 1 amide bonds. The van der Waals surface area contributed by atoms with Gasteiger partial charge in [0.25, 0.3) is 0 Å². The van der Waals surface area contributed by atoms with Gasteiger partial charge in [-0.05, 0) is 57.6 Å². The minimum absolute atomic E-state index is 0. The minimum atomic E-state index is -0.335. The molecular weight excluding hydrogens is 348 g/mol. The number of benzene rings is 2. The first-order chi connectivity index (χ1) is 11.9. The summed E-state index contributed by atoms with van der Waals surface area (Å²) < 4.78 is 5.57. The van der Waals surface area contributed by atoms with Crippen LogP contribution in [0, 0.1) is 0 Å². The first-order valence-corrected chi connectivity index (χ1v) is 8.63. The molecule has 0 aliphatic carbocycles. The Morgan fingerprint density at radius 3 is 2.27 bits per heavy atom. The third kappa shape index (κ3) is 6.04. The van der Waals surface area contributed by atoms with Crippen LogP contribution in [0.4, 0.5) is 4.79 Å². The number of likely N-dealkylation sites (N-methyl/N-ethyl adjacent to an activating group) is 1. The van der Waals surface area contributed by atoms with E-state index in [0.29, 0.717) is 5.75 Å². The predicted molar refractivity (Wildman–Crippen MR) is 109 cm³/mol. The van der Waals surface area contributed by atoms with E-state index in [0.717, 1.165) is 12.0 Å². The second-order valence-electron chi connectivity index (χ2n) is 6.73. The lowest BCUT2D eigenvalue weighted by Crippen LogP contribution is -2.38. The fraction of sp³-hybridized carbons (Fsp3) is 0.381. The van der Waals surface area contributed by atoms with Crippen molar-refractivity contribution in [2.24, 2.45) is 0 Å². The van der Waals surface area contributed by atoms with Crippen LogP contribution in [-0.4, -0.2) is 43.1 Å². The zero-order valence-electron chi connectivity index (χ0n) is 16.2. The van der Waals surface area contributed by atoms with E-state index in [4.69, 9.17) is 4.74 Å². The first kappa shape index (κ1) is 22.0. The summed E-state index contributed by atoms with van der Waals surface area (Å²) in [6.45, 7) is 4.15. The van der Waals surface area contributed by atoms with Crippen molar-refractivity contribution >= 4 is 18.5 Å². The molecule has 0 spiro atoms. The number of rotatable bonds is 6. The fourth-order valence-electron chi connectivity index (χ4n) is 2.58. The lowest BCUT2D eigenvalue weighted by atomic mass is 10.1. The Morgan fingerprint density at radius 2 is 1.65 bits per heavy atom. The van der Waals surface area contributed by atoms with Crippen molar-refractivity contribution in [1.29, 1.82) is 0 Å². The number of halogens is 1. The Hall–Kier alpha value is -2.04. The van der Waals surface area contributed by atoms with Crippen molar-refractivity contribution < 1.29 is 9.53 Å². The number of amides is 1. The van der Waals surface area contributed by atoms with Crippen LogP contribution >= 0.6 is 12.4 Å². The van der Waals surface area contributed by atoms with Crippen molar-refractivity contribution in [3.63, 3.8) is 0 Å². The van der Waals surface area contributed by atoms with E-state index in [1.165, 1.54) is 5.56 Å². The molecule has 0 aromatic heterocycles. The van der Waals surface area contributed by atoms with Crippen molar-refractivity contribution in [3.05, 3.63) is 65.7 Å². The van der Waals surface area contributed by atoms with E-state index < -0.39 is 0 Å². The van der Waals surface area contributed by atoms with Crippen molar-refractivity contribution in [2.75, 3.05) is 21.1 Å². The quantitative estimate of drug-likeness (QED) is 0.726. The van der Waals surface area contributed by atoms with Crippen molar-refractivity contribution in [1.82, 2.24) is 9.80 Å². The van der Waals surface area contributed by atoms with Crippen LogP contribution in [-0.2, 0) is 6.42 Å². The highest BCUT2D eigenvalue weighted by atomic mass is 35.5. The summed E-state index contributed by atoms with van der Waals surface area (Å²) >= 11 is 0. The smallest absolute Gasteiger partial charge is 0.410 e. The van der Waals surface area contributed by atoms with Gasteiger partial charge in [0.15, 0.2) is 0 Å². The van der Waals surface area contributed by atoms with E-state index in [9.17, 15) is 4.79 Å². The van der Waals surface area contributed by atoms with E-state index in [1.807, 2.05) is 63.5 Å². The molecule has 4 nitrogen and oxygen atoms in total. The van der Waals surface area contributed by atoms with Crippen molar-refractivity contribution in [3.8, 4) is 5.75 Å². The molecule has 0 bridgehead atoms. The molecule has 0 N–H and O–H groups in total. The monoisotopic (exact) mass is 376 g/mol. The molecule has 0 saturated carbocycles. The fourth-order valence-corrected chi connectivity index (χ4v) is 2.58. The van der Waals surface area contributed by atoms with E-state index in [2.05, 4.69) is 24.0 Å². The van der Waals surface area contributed by atoms with Gasteiger partial charge in [0.05, 0.1) is 0 Å². The summed E-state index contributed by atoms with van der Waals surface area (Å²) in [5.41, 5.74) is 2.33. The Kier molecular flexibility index (Phi) is 8.62. The number of nitrogens with zero attached hydrogens (tertiary/aromatic N) is 2. The van der Waals surface area contributed by atoms with Crippen molar-refractivity contribution in [2.45, 2.75) is 32.4 Å². The summed E-state index contributed by atoms with van der Waals surface area (Å²) in [5.74, 6) is 0.579. The highest BCUT2D eigenvalue weighted by Gasteiger charge is 2.18. The van der Waals surface area contributed by atoms with E-state index >= 15 is 0 Å². The van der Waals surface area contributed by atoms with Crippen LogP contribution in [0.5, 0.6) is 5.75 Å². The van der Waals surface area contributed by atoms with Gasteiger partial charge in [-0.2, -0.15) is 0 Å². The molecule has 26 heavy (non-hydrogen) atoms. The molecule has 0 saturated heterocycles. The number of hydrogen-bond donors (Lipinski definition) is 0. The third-order valence-electron chi connectivity index (χ3n) is 4.64. The molecule has 0 heterocycles. The maximum absolute atomic E-state index is 12.5. The van der Waals surface area contributed by atoms with Gasteiger partial charge < -0.3 is 14.5 Å². The van der Waals surface area contributed by atoms with E-state index in [-0.39, 0.29) is 30.6 Å². The Balaban J connectivity index is 0.00000338. The topological polar surface area (TPSA) is 32.8 Å². The molecular formula is C21H29ClN2O2. The average molecular weight is 377 g/mol. The van der Waals surface area contributed by atoms with Crippen LogP contribution in [0.3, 0.4) is 0 Å². The lowest BCUT2D eigenvalue weighted by Gasteiger charge is -2.25. The van der Waals surface area contributed by atoms with Gasteiger partial charge in [-0.15, -0.1) is 12.4 Å². The standard InChI is InChI=1S/C21H28N2O2.ClH/c1-16(14-18-10-7-6-8-11-18)23(5)21(24)25-20-13-9-12-19(15-20)17(2)22(3)4;/h6-13,15-17H,14H2,1-5H3;1H/t16-,17-;/m0./s1. The first-order valence-electron chi connectivity index (χ1n) is 8.63. The van der Waals surface area contributed by atoms with Crippen LogP contribution in [0.15, 0.2) is 54.6 Å². The molecule has 0 aliphatic heterocycles. The minimum Gasteiger partial charge on any atom is -0.410 e. The number of ether oxygens (including phenoxy) is 1. The summed E-state index contributed by atoms with van der Waals surface area (Å²) in [6.07, 6.45) is 0.461. The molecule has 2 aromatic rings. The highest BCUT2D eigenvalue weighted by molar-refractivity contribution is 5.85. The number of hydrogen-bond acceptors (Lipinski definition) is 3. The van der Waals surface area contributed by atoms with Gasteiger partial charge >= 0.3 is 6.09 Å². The maximum Gasteiger partial charge on any atom is 0.415 e. The summed E-state index contributed by atoms with van der Waals surface area (Å²) in [4.78, 5) is 16.2. The molecule has 2 aromatic carbocycles. The number of carbonyl (C=O) groups excluding carboxylic acids is 1. The van der Waals surface area contributed by atoms with Crippen LogP contribution < -0.4 is 4.74 Å². The zero-order valence-corrected chi connectivity index (χ0v) is 17.0. The molecule has 0 radical (unpaired) electrons. The maximum atomic E-state index is 12.5. The SMILES string of the molecule is C[C@@H](c1cccc(OC(=O)N(C)[C@@H](C)Cc2ccccc2)c1)N(C)C.Cl. The normalized spacial score (nSPS) is 12.8. The largest absolute Gasteiger partial charge is 0.415 e. The molecule has 0 unspecified atom stereocenters. The summed E-state index contributed by atoms with van der Waals surface area (Å²) in [5, 5.41) is 0. The molecule has 2 rings (SSSR count). The second-order valence-corrected chi connectivity index (χ2v) is 6.73. The average Bonchev–Trinajstić information content (AvgIpc) is 2.61. The summed E-state index contributed by atoms with van der Waals surface area (Å²) in [6, 6.07) is 18.2. The Labute approximate surface area is 163 Å². The predicted octanol–water partition coefficient (Wildman–Crippen LogP) is 4.79. The van der Waals surface area contributed by atoms with Gasteiger partial charge in [-0.3, -0.25) is 0 Å². The lowest BCUT2D eigenvalue weighted by molar-refractivity contribution is 0.148. The van der Waals surface area contributed by atoms with Gasteiger partial charge in [-0.1, -0.05) is 42.5 Å². The number of carbonyl (C=O) groups is 1. The zero-order chi connectivity index (χ0) is 18.4. The third-order valence-corrected chi connectivity index (χ3v) is 4.64. The summed E-state index contributed by atoms with van der Waals surface area (Å²) in [7, 11) is 5.84. The molecule has 0 aliphatic rings. The molecule has 0 fully saturated rings. The van der Waals surface area contributed by atoms with Gasteiger partial charge in [0.1, 0.15) is 5.75 Å². The highest BCUT2D eigenvalue weighted by Crippen LogP contribution is 2.22. The molecule has 2 atom stereocenters. The molecule has 142 valence electrons. The van der Waals surface area contributed by atoms with Gasteiger partial charge in [0, 0.05) is 19.1 Å². The van der Waals surface area contributed by atoms with E-state index in [1.54, 1.807) is 11.9 Å². The Morgan fingerprint density at radius 1 is 1.00 bits per heavy atom. The Bertz CT molecular complexity index is 691. The van der Waals surface area contributed by atoms with Crippen LogP contribution in [0.25, 0.3) is 0 Å². The second kappa shape index (κ2) is 10.2. The van der Waals surface area contributed by atoms with Gasteiger partial charge in [-0.25, -0.2) is 4.79 Å².